The molecule has 0 amide bonds. The maximum absolute atomic E-state index is 5.74. The molecule has 0 saturated carbocycles. The van der Waals surface area contributed by atoms with Crippen LogP contribution >= 0.6 is 11.3 Å². The third kappa shape index (κ3) is 1.80. The maximum atomic E-state index is 5.74. The van der Waals surface area contributed by atoms with Crippen LogP contribution in [0.15, 0.2) is 35.0 Å². The predicted molar refractivity (Wildman–Crippen MR) is 60.3 cm³/mol. The summed E-state index contributed by atoms with van der Waals surface area (Å²) in [6.07, 6.45) is 0. The first-order valence-electron chi connectivity index (χ1n) is 4.53. The molecule has 0 saturated heterocycles. The topological polar surface area (TPSA) is 9.23 Å². The lowest BCUT2D eigenvalue weighted by molar-refractivity contribution is 0.480. The van der Waals surface area contributed by atoms with Gasteiger partial charge in [0.15, 0.2) is 0 Å². The van der Waals surface area contributed by atoms with E-state index < -0.39 is 0 Å². The van der Waals surface area contributed by atoms with E-state index >= 15 is 0 Å². The summed E-state index contributed by atoms with van der Waals surface area (Å²) >= 11 is 1.64. The van der Waals surface area contributed by atoms with Gasteiger partial charge in [0.05, 0.1) is 0 Å². The normalized spacial score (nSPS) is 10.1. The second-order valence-electron chi connectivity index (χ2n) is 3.26. The Hall–Kier alpha value is -1.28. The molecule has 72 valence electrons. The predicted octanol–water partition coefficient (Wildman–Crippen LogP) is 4.16. The SMILES string of the molecule is Cc1cccc(Oc2ccsc2)c1C. The Morgan fingerprint density at radius 1 is 1.14 bits per heavy atom. The molecule has 14 heavy (non-hydrogen) atoms. The standard InChI is InChI=1S/C12H12OS/c1-9-4-3-5-12(10(9)2)13-11-6-7-14-8-11/h3-8H,1-2H3. The molecule has 1 nitrogen and oxygen atoms in total. The van der Waals surface area contributed by atoms with Crippen molar-refractivity contribution in [3.05, 3.63) is 46.2 Å². The molecule has 2 rings (SSSR count). The highest BCUT2D eigenvalue weighted by atomic mass is 32.1. The molecule has 2 heteroatoms. The van der Waals surface area contributed by atoms with E-state index in [1.54, 1.807) is 11.3 Å². The van der Waals surface area contributed by atoms with E-state index in [1.165, 1.54) is 11.1 Å². The quantitative estimate of drug-likeness (QED) is 0.713. The van der Waals surface area contributed by atoms with Crippen LogP contribution in [0.1, 0.15) is 11.1 Å². The summed E-state index contributed by atoms with van der Waals surface area (Å²) in [6, 6.07) is 8.09. The fraction of sp³-hybridized carbons (Fsp3) is 0.167. The summed E-state index contributed by atoms with van der Waals surface area (Å²) in [6.45, 7) is 4.17. The summed E-state index contributed by atoms with van der Waals surface area (Å²) < 4.78 is 5.74. The van der Waals surface area contributed by atoms with Gasteiger partial charge in [0.2, 0.25) is 0 Å². The summed E-state index contributed by atoms with van der Waals surface area (Å²) in [5.74, 6) is 1.87. The maximum Gasteiger partial charge on any atom is 0.138 e. The average Bonchev–Trinajstić information content (AvgIpc) is 2.66. The van der Waals surface area contributed by atoms with Crippen LogP contribution in [-0.2, 0) is 0 Å². The van der Waals surface area contributed by atoms with Crippen molar-refractivity contribution < 1.29 is 4.74 Å². The number of hydrogen-bond donors (Lipinski definition) is 0. The largest absolute Gasteiger partial charge is 0.456 e. The van der Waals surface area contributed by atoms with Gasteiger partial charge in [0.25, 0.3) is 0 Å². The third-order valence-corrected chi connectivity index (χ3v) is 2.94. The van der Waals surface area contributed by atoms with Crippen molar-refractivity contribution in [3.8, 4) is 11.5 Å². The van der Waals surface area contributed by atoms with Crippen molar-refractivity contribution >= 4 is 11.3 Å². The zero-order valence-corrected chi connectivity index (χ0v) is 9.10. The molecule has 1 aromatic carbocycles. The Morgan fingerprint density at radius 2 is 2.00 bits per heavy atom. The molecule has 0 aliphatic rings. The molecule has 0 spiro atoms. The second kappa shape index (κ2) is 3.84. The number of hydrogen-bond acceptors (Lipinski definition) is 2. The summed E-state index contributed by atoms with van der Waals surface area (Å²) in [4.78, 5) is 0. The minimum Gasteiger partial charge on any atom is -0.456 e. The lowest BCUT2D eigenvalue weighted by Crippen LogP contribution is -1.88. The van der Waals surface area contributed by atoms with Gasteiger partial charge < -0.3 is 4.74 Å². The van der Waals surface area contributed by atoms with E-state index in [4.69, 9.17) is 4.74 Å². The number of aryl methyl sites for hydroxylation is 1. The molecular weight excluding hydrogens is 192 g/mol. The molecule has 0 aliphatic carbocycles. The fourth-order valence-corrected chi connectivity index (χ4v) is 1.82. The Bertz CT molecular complexity index is 418. The van der Waals surface area contributed by atoms with E-state index in [1.807, 2.05) is 29.0 Å². The van der Waals surface area contributed by atoms with Gasteiger partial charge in [0.1, 0.15) is 11.5 Å². The second-order valence-corrected chi connectivity index (χ2v) is 4.04. The Kier molecular flexibility index (Phi) is 2.55. The van der Waals surface area contributed by atoms with E-state index in [-0.39, 0.29) is 0 Å². The third-order valence-electron chi connectivity index (χ3n) is 2.28. The summed E-state index contributed by atoms with van der Waals surface area (Å²) in [5.41, 5.74) is 2.47. The molecule has 0 atom stereocenters. The van der Waals surface area contributed by atoms with Crippen LogP contribution in [0.2, 0.25) is 0 Å². The van der Waals surface area contributed by atoms with Crippen molar-refractivity contribution in [3.63, 3.8) is 0 Å². The van der Waals surface area contributed by atoms with Crippen LogP contribution < -0.4 is 4.74 Å². The molecule has 0 fully saturated rings. The zero-order chi connectivity index (χ0) is 9.97. The first-order chi connectivity index (χ1) is 6.77. The molecule has 0 radical (unpaired) electrons. The molecule has 0 N–H and O–H groups in total. The summed E-state index contributed by atoms with van der Waals surface area (Å²) in [5, 5.41) is 4.02. The van der Waals surface area contributed by atoms with Crippen LogP contribution in [0.4, 0.5) is 0 Å². The Balaban J connectivity index is 2.29. The van der Waals surface area contributed by atoms with Crippen molar-refractivity contribution in [1.82, 2.24) is 0 Å². The number of thiophene rings is 1. The highest BCUT2D eigenvalue weighted by molar-refractivity contribution is 7.08. The van der Waals surface area contributed by atoms with Crippen molar-refractivity contribution in [2.45, 2.75) is 13.8 Å². The lowest BCUT2D eigenvalue weighted by atomic mass is 10.1. The highest BCUT2D eigenvalue weighted by Gasteiger charge is 2.02. The van der Waals surface area contributed by atoms with Gasteiger partial charge in [-0.05, 0) is 42.5 Å². The molecule has 2 aromatic rings. The number of ether oxygens (including phenoxy) is 1. The zero-order valence-electron chi connectivity index (χ0n) is 8.28. The lowest BCUT2D eigenvalue weighted by Gasteiger charge is -2.08. The monoisotopic (exact) mass is 204 g/mol. The van der Waals surface area contributed by atoms with E-state index in [2.05, 4.69) is 19.9 Å². The minimum atomic E-state index is 0.920. The van der Waals surface area contributed by atoms with Crippen LogP contribution in [0.25, 0.3) is 0 Å². The first-order valence-corrected chi connectivity index (χ1v) is 5.48. The summed E-state index contributed by atoms with van der Waals surface area (Å²) in [7, 11) is 0. The van der Waals surface area contributed by atoms with Crippen LogP contribution in [0.5, 0.6) is 11.5 Å². The van der Waals surface area contributed by atoms with E-state index in [0.29, 0.717) is 0 Å². The molecular formula is C12H12OS. The van der Waals surface area contributed by atoms with Crippen molar-refractivity contribution in [2.75, 3.05) is 0 Å². The van der Waals surface area contributed by atoms with Gasteiger partial charge in [-0.1, -0.05) is 12.1 Å². The number of rotatable bonds is 2. The molecule has 0 unspecified atom stereocenters. The Morgan fingerprint density at radius 3 is 2.71 bits per heavy atom. The molecule has 1 heterocycles. The Labute approximate surface area is 88.0 Å². The first kappa shape index (κ1) is 9.28. The fourth-order valence-electron chi connectivity index (χ4n) is 1.27. The molecule has 0 bridgehead atoms. The van der Waals surface area contributed by atoms with Gasteiger partial charge in [-0.15, -0.1) is 11.3 Å². The van der Waals surface area contributed by atoms with E-state index in [0.717, 1.165) is 11.5 Å². The van der Waals surface area contributed by atoms with E-state index in [9.17, 15) is 0 Å². The van der Waals surface area contributed by atoms with Gasteiger partial charge in [-0.25, -0.2) is 0 Å². The van der Waals surface area contributed by atoms with Crippen LogP contribution in [-0.4, -0.2) is 0 Å². The van der Waals surface area contributed by atoms with Crippen molar-refractivity contribution in [2.24, 2.45) is 0 Å². The van der Waals surface area contributed by atoms with Crippen molar-refractivity contribution in [1.29, 1.82) is 0 Å². The van der Waals surface area contributed by atoms with Crippen LogP contribution in [0.3, 0.4) is 0 Å². The average molecular weight is 204 g/mol. The number of benzene rings is 1. The minimum absolute atomic E-state index is 0.920. The molecule has 0 aliphatic heterocycles. The van der Waals surface area contributed by atoms with Gasteiger partial charge in [-0.2, -0.15) is 0 Å². The molecule has 1 aromatic heterocycles. The van der Waals surface area contributed by atoms with Gasteiger partial charge >= 0.3 is 0 Å². The van der Waals surface area contributed by atoms with Crippen LogP contribution in [0, 0.1) is 13.8 Å². The smallest absolute Gasteiger partial charge is 0.138 e. The highest BCUT2D eigenvalue weighted by Crippen LogP contribution is 2.27. The van der Waals surface area contributed by atoms with Gasteiger partial charge in [0, 0.05) is 5.38 Å². The van der Waals surface area contributed by atoms with Gasteiger partial charge in [-0.3, -0.25) is 0 Å².